The van der Waals surface area contributed by atoms with Crippen molar-refractivity contribution in [2.75, 3.05) is 5.32 Å². The van der Waals surface area contributed by atoms with E-state index in [-0.39, 0.29) is 11.8 Å². The lowest BCUT2D eigenvalue weighted by molar-refractivity contribution is -0.116. The molecule has 0 unspecified atom stereocenters. The van der Waals surface area contributed by atoms with Gasteiger partial charge >= 0.3 is 0 Å². The highest BCUT2D eigenvalue weighted by Crippen LogP contribution is 2.18. The monoisotopic (exact) mass is 241 g/mol. The third kappa shape index (κ3) is 3.38. The van der Waals surface area contributed by atoms with Crippen molar-refractivity contribution < 1.29 is 4.79 Å². The summed E-state index contributed by atoms with van der Waals surface area (Å²) in [4.78, 5) is 19.7. The van der Waals surface area contributed by atoms with Crippen LogP contribution >= 0.6 is 0 Å². The lowest BCUT2D eigenvalue weighted by atomic mass is 9.98. The standard InChI is InChI=1S/C14H15N3O/c1-11(12-6-3-2-4-7-12)10-13(18)17-14-15-8-5-9-16-14/h2-9,11H,10H2,1H3,(H,15,16,17,18)/t11-/m1/s1. The summed E-state index contributed by atoms with van der Waals surface area (Å²) in [6.45, 7) is 2.03. The van der Waals surface area contributed by atoms with Crippen LogP contribution in [0.1, 0.15) is 24.8 Å². The second-order valence-corrected chi connectivity index (χ2v) is 4.14. The maximum absolute atomic E-state index is 11.8. The fraction of sp³-hybridized carbons (Fsp3) is 0.214. The Labute approximate surface area is 106 Å². The van der Waals surface area contributed by atoms with Gasteiger partial charge in [-0.3, -0.25) is 10.1 Å². The van der Waals surface area contributed by atoms with Crippen molar-refractivity contribution in [2.24, 2.45) is 0 Å². The van der Waals surface area contributed by atoms with E-state index in [0.29, 0.717) is 12.4 Å². The minimum absolute atomic E-state index is 0.0717. The van der Waals surface area contributed by atoms with E-state index in [4.69, 9.17) is 0 Å². The average Bonchev–Trinajstić information content (AvgIpc) is 2.40. The first kappa shape index (κ1) is 12.2. The summed E-state index contributed by atoms with van der Waals surface area (Å²) in [6, 6.07) is 11.7. The van der Waals surface area contributed by atoms with Gasteiger partial charge in [0.05, 0.1) is 0 Å². The van der Waals surface area contributed by atoms with Gasteiger partial charge in [-0.2, -0.15) is 0 Å². The van der Waals surface area contributed by atoms with Crippen LogP contribution in [-0.4, -0.2) is 15.9 Å². The van der Waals surface area contributed by atoms with Crippen LogP contribution in [0.15, 0.2) is 48.8 Å². The fourth-order valence-corrected chi connectivity index (χ4v) is 1.72. The van der Waals surface area contributed by atoms with Gasteiger partial charge in [-0.1, -0.05) is 37.3 Å². The summed E-state index contributed by atoms with van der Waals surface area (Å²) < 4.78 is 0. The third-order valence-electron chi connectivity index (χ3n) is 2.68. The molecule has 0 aliphatic rings. The first-order valence-corrected chi connectivity index (χ1v) is 5.87. The number of nitrogens with zero attached hydrogens (tertiary/aromatic N) is 2. The normalized spacial score (nSPS) is 11.8. The van der Waals surface area contributed by atoms with Crippen LogP contribution < -0.4 is 5.32 Å². The van der Waals surface area contributed by atoms with E-state index in [0.717, 1.165) is 5.56 Å². The van der Waals surface area contributed by atoms with Crippen LogP contribution in [0.2, 0.25) is 0 Å². The van der Waals surface area contributed by atoms with Gasteiger partial charge in [0.15, 0.2) is 0 Å². The molecule has 0 aliphatic heterocycles. The zero-order valence-electron chi connectivity index (χ0n) is 10.2. The van der Waals surface area contributed by atoms with Crippen LogP contribution in [0, 0.1) is 0 Å². The Bertz CT molecular complexity index is 499. The Balaban J connectivity index is 1.92. The molecule has 1 N–H and O–H groups in total. The maximum atomic E-state index is 11.8. The number of hydrogen-bond donors (Lipinski definition) is 1. The van der Waals surface area contributed by atoms with Crippen LogP contribution in [0.5, 0.6) is 0 Å². The first-order valence-electron chi connectivity index (χ1n) is 5.87. The van der Waals surface area contributed by atoms with Gasteiger partial charge in [-0.05, 0) is 17.5 Å². The molecule has 1 aromatic carbocycles. The predicted molar refractivity (Wildman–Crippen MR) is 70.1 cm³/mol. The molecule has 0 spiro atoms. The zero-order valence-corrected chi connectivity index (χ0v) is 10.2. The maximum Gasteiger partial charge on any atom is 0.229 e. The van der Waals surface area contributed by atoms with Gasteiger partial charge in [0.1, 0.15) is 0 Å². The molecule has 1 atom stereocenters. The summed E-state index contributed by atoms with van der Waals surface area (Å²) in [6.07, 6.45) is 3.62. The van der Waals surface area contributed by atoms with Crippen molar-refractivity contribution in [3.05, 3.63) is 54.4 Å². The Morgan fingerprint density at radius 3 is 2.50 bits per heavy atom. The average molecular weight is 241 g/mol. The van der Waals surface area contributed by atoms with Crippen molar-refractivity contribution in [1.82, 2.24) is 9.97 Å². The van der Waals surface area contributed by atoms with Gasteiger partial charge in [0.2, 0.25) is 11.9 Å². The Morgan fingerprint density at radius 2 is 1.83 bits per heavy atom. The van der Waals surface area contributed by atoms with E-state index in [2.05, 4.69) is 15.3 Å². The molecule has 18 heavy (non-hydrogen) atoms. The molecule has 0 saturated heterocycles. The van der Waals surface area contributed by atoms with Crippen molar-refractivity contribution in [1.29, 1.82) is 0 Å². The number of anilines is 1. The third-order valence-corrected chi connectivity index (χ3v) is 2.68. The molecule has 4 heteroatoms. The molecular formula is C14H15N3O. The molecule has 0 aliphatic carbocycles. The molecule has 92 valence electrons. The molecule has 0 saturated carbocycles. The summed E-state index contributed by atoms with van der Waals surface area (Å²) in [5.41, 5.74) is 1.15. The van der Waals surface area contributed by atoms with E-state index in [1.807, 2.05) is 37.3 Å². The Morgan fingerprint density at radius 1 is 1.17 bits per heavy atom. The van der Waals surface area contributed by atoms with Crippen LogP contribution in [0.4, 0.5) is 5.95 Å². The topological polar surface area (TPSA) is 54.9 Å². The summed E-state index contributed by atoms with van der Waals surface area (Å²) in [5.74, 6) is 0.454. The number of benzene rings is 1. The van der Waals surface area contributed by atoms with E-state index < -0.39 is 0 Å². The minimum Gasteiger partial charge on any atom is -0.295 e. The number of carbonyl (C=O) groups excluding carboxylic acids is 1. The lowest BCUT2D eigenvalue weighted by Gasteiger charge is -2.11. The SMILES string of the molecule is C[C@H](CC(=O)Nc1ncccn1)c1ccccc1. The van der Waals surface area contributed by atoms with Gasteiger partial charge in [-0.25, -0.2) is 9.97 Å². The summed E-state index contributed by atoms with van der Waals surface area (Å²) >= 11 is 0. The Hall–Kier alpha value is -2.23. The number of amides is 1. The number of carbonyl (C=O) groups is 1. The smallest absolute Gasteiger partial charge is 0.229 e. The van der Waals surface area contributed by atoms with Gasteiger partial charge < -0.3 is 0 Å². The second-order valence-electron chi connectivity index (χ2n) is 4.14. The molecule has 1 heterocycles. The highest BCUT2D eigenvalue weighted by molar-refractivity contribution is 5.89. The summed E-state index contributed by atoms with van der Waals surface area (Å²) in [5, 5.41) is 2.68. The van der Waals surface area contributed by atoms with Crippen LogP contribution in [-0.2, 0) is 4.79 Å². The highest BCUT2D eigenvalue weighted by Gasteiger charge is 2.11. The molecule has 1 amide bonds. The van der Waals surface area contributed by atoms with E-state index in [9.17, 15) is 4.79 Å². The molecule has 1 aromatic heterocycles. The molecule has 4 nitrogen and oxygen atoms in total. The van der Waals surface area contributed by atoms with E-state index in [1.54, 1.807) is 18.5 Å². The largest absolute Gasteiger partial charge is 0.295 e. The zero-order chi connectivity index (χ0) is 12.8. The molecule has 0 fully saturated rings. The molecule has 0 bridgehead atoms. The van der Waals surface area contributed by atoms with Gasteiger partial charge in [0, 0.05) is 18.8 Å². The number of aromatic nitrogens is 2. The predicted octanol–water partition coefficient (Wildman–Crippen LogP) is 2.61. The molecule has 2 aromatic rings. The minimum atomic E-state index is -0.0717. The Kier molecular flexibility index (Phi) is 4.02. The second kappa shape index (κ2) is 5.91. The fourth-order valence-electron chi connectivity index (χ4n) is 1.72. The lowest BCUT2D eigenvalue weighted by Crippen LogP contribution is -2.16. The molecular weight excluding hydrogens is 226 g/mol. The van der Waals surface area contributed by atoms with Gasteiger partial charge in [0.25, 0.3) is 0 Å². The van der Waals surface area contributed by atoms with Crippen molar-refractivity contribution in [3.63, 3.8) is 0 Å². The quantitative estimate of drug-likeness (QED) is 0.895. The van der Waals surface area contributed by atoms with Crippen LogP contribution in [0.25, 0.3) is 0 Å². The molecule has 2 rings (SSSR count). The van der Waals surface area contributed by atoms with E-state index in [1.165, 1.54) is 0 Å². The highest BCUT2D eigenvalue weighted by atomic mass is 16.1. The van der Waals surface area contributed by atoms with Crippen LogP contribution in [0.3, 0.4) is 0 Å². The summed E-state index contributed by atoms with van der Waals surface area (Å²) in [7, 11) is 0. The number of hydrogen-bond acceptors (Lipinski definition) is 3. The van der Waals surface area contributed by atoms with Crippen molar-refractivity contribution >= 4 is 11.9 Å². The van der Waals surface area contributed by atoms with Gasteiger partial charge in [-0.15, -0.1) is 0 Å². The molecule has 0 radical (unpaired) electrons. The van der Waals surface area contributed by atoms with Crippen molar-refractivity contribution in [2.45, 2.75) is 19.3 Å². The van der Waals surface area contributed by atoms with Crippen molar-refractivity contribution in [3.8, 4) is 0 Å². The van der Waals surface area contributed by atoms with E-state index >= 15 is 0 Å². The number of nitrogens with one attached hydrogen (secondary N) is 1. The number of rotatable bonds is 4. The first-order chi connectivity index (χ1) is 8.75.